The van der Waals surface area contributed by atoms with Gasteiger partial charge in [-0.3, -0.25) is 0 Å². The van der Waals surface area contributed by atoms with Gasteiger partial charge in [-0.15, -0.1) is 0 Å². The summed E-state index contributed by atoms with van der Waals surface area (Å²) in [7, 11) is 0. The molecule has 0 N–H and O–H groups in total. The van der Waals surface area contributed by atoms with E-state index in [1.54, 1.807) is 0 Å². The maximum absolute atomic E-state index is 3.98. The van der Waals surface area contributed by atoms with Crippen LogP contribution in [0.25, 0.3) is 38.4 Å². The van der Waals surface area contributed by atoms with E-state index in [1.165, 1.54) is 49.0 Å². The number of rotatable bonds is 7. The van der Waals surface area contributed by atoms with Gasteiger partial charge in [0, 0.05) is 33.5 Å². The Balaban J connectivity index is 1.45. The normalized spacial score (nSPS) is 11.2. The molecule has 0 amide bonds. The number of nitrogens with zero attached hydrogens (tertiary/aromatic N) is 2. The third-order valence-corrected chi connectivity index (χ3v) is 9.58. The molecule has 8 rings (SSSR count). The summed E-state index contributed by atoms with van der Waals surface area (Å²) in [6, 6.07) is 57.7. The van der Waals surface area contributed by atoms with Crippen LogP contribution >= 0.6 is 0 Å². The van der Waals surface area contributed by atoms with Gasteiger partial charge in [0.1, 0.15) is 0 Å². The van der Waals surface area contributed by atoms with Crippen molar-refractivity contribution in [2.45, 2.75) is 20.8 Å². The number of aryl methyl sites for hydroxylation is 3. The Hall–Kier alpha value is -6.12. The molecule has 236 valence electrons. The van der Waals surface area contributed by atoms with Crippen LogP contribution in [0.5, 0.6) is 0 Å². The van der Waals surface area contributed by atoms with Gasteiger partial charge in [-0.2, -0.15) is 0 Å². The average molecular weight is 631 g/mol. The lowest BCUT2D eigenvalue weighted by atomic mass is 9.93. The van der Waals surface area contributed by atoms with Crippen molar-refractivity contribution in [3.63, 3.8) is 0 Å². The predicted molar refractivity (Wildman–Crippen MR) is 213 cm³/mol. The highest BCUT2D eigenvalue weighted by molar-refractivity contribution is 6.24. The monoisotopic (exact) mass is 630 g/mol. The van der Waals surface area contributed by atoms with Gasteiger partial charge in [0.15, 0.2) is 0 Å². The number of fused-ring (bicyclic) bond motifs is 5. The SMILES string of the molecule is C=Cc1ccc(N(c2ccc(C)cc2)c2cc3c4ccccc4c(N(c4ccc(C)cc4)c4ccc(C)cc4)cc3c3ccccc23)cc1. The molecular weight excluding hydrogens is 593 g/mol. The molecule has 0 radical (unpaired) electrons. The standard InChI is InChI=1S/C47H38N2/c1-5-35-20-28-39(29-21-35)49(38-26-18-34(4)19-27-38)47-31-45-40-10-6-8-12-42(40)46(30-44(45)41-11-7-9-13-43(41)47)48(36-22-14-32(2)15-23-36)37-24-16-33(3)17-25-37/h5-31H,1H2,2-4H3. The predicted octanol–water partition coefficient (Wildman–Crippen LogP) is 13.7. The van der Waals surface area contributed by atoms with Crippen molar-refractivity contribution in [1.29, 1.82) is 0 Å². The van der Waals surface area contributed by atoms with E-state index < -0.39 is 0 Å². The van der Waals surface area contributed by atoms with Crippen LogP contribution in [0, 0.1) is 20.8 Å². The van der Waals surface area contributed by atoms with Gasteiger partial charge in [-0.1, -0.05) is 126 Å². The van der Waals surface area contributed by atoms with Crippen LogP contribution in [-0.2, 0) is 0 Å². The Morgan fingerprint density at radius 3 is 1.00 bits per heavy atom. The molecule has 49 heavy (non-hydrogen) atoms. The lowest BCUT2D eigenvalue weighted by Gasteiger charge is -2.30. The zero-order valence-electron chi connectivity index (χ0n) is 28.2. The first-order valence-electron chi connectivity index (χ1n) is 16.9. The van der Waals surface area contributed by atoms with Gasteiger partial charge >= 0.3 is 0 Å². The highest BCUT2D eigenvalue weighted by Gasteiger charge is 2.22. The molecule has 0 saturated carbocycles. The minimum absolute atomic E-state index is 1.10. The molecule has 0 aliphatic carbocycles. The highest BCUT2D eigenvalue weighted by Crippen LogP contribution is 2.47. The van der Waals surface area contributed by atoms with E-state index in [0.29, 0.717) is 0 Å². The van der Waals surface area contributed by atoms with Crippen LogP contribution in [0.15, 0.2) is 164 Å². The van der Waals surface area contributed by atoms with Crippen molar-refractivity contribution in [1.82, 2.24) is 0 Å². The Labute approximate surface area is 288 Å². The minimum atomic E-state index is 1.10. The summed E-state index contributed by atoms with van der Waals surface area (Å²) in [5, 5.41) is 7.28. The quantitative estimate of drug-likeness (QED) is 0.162. The van der Waals surface area contributed by atoms with Crippen LogP contribution < -0.4 is 9.80 Å². The van der Waals surface area contributed by atoms with Crippen LogP contribution in [-0.4, -0.2) is 0 Å². The second kappa shape index (κ2) is 12.5. The Bertz CT molecular complexity index is 2410. The molecule has 0 atom stereocenters. The third-order valence-electron chi connectivity index (χ3n) is 9.58. The summed E-state index contributed by atoms with van der Waals surface area (Å²) in [5.74, 6) is 0. The van der Waals surface area contributed by atoms with Crippen molar-refractivity contribution in [3.8, 4) is 0 Å². The van der Waals surface area contributed by atoms with Crippen molar-refractivity contribution < 1.29 is 0 Å². The van der Waals surface area contributed by atoms with Crippen LogP contribution in [0.1, 0.15) is 22.3 Å². The van der Waals surface area contributed by atoms with Crippen molar-refractivity contribution in [3.05, 3.63) is 187 Å². The van der Waals surface area contributed by atoms with E-state index in [-0.39, 0.29) is 0 Å². The fourth-order valence-electron chi connectivity index (χ4n) is 6.98. The number of anilines is 6. The van der Waals surface area contributed by atoms with Gasteiger partial charge in [-0.25, -0.2) is 0 Å². The molecule has 2 heteroatoms. The highest BCUT2D eigenvalue weighted by atomic mass is 15.1. The smallest absolute Gasteiger partial charge is 0.0546 e. The fraction of sp³-hybridized carbons (Fsp3) is 0.0638. The minimum Gasteiger partial charge on any atom is -0.310 e. The first-order chi connectivity index (χ1) is 24.0. The van der Waals surface area contributed by atoms with Gasteiger partial charge in [0.2, 0.25) is 0 Å². The summed E-state index contributed by atoms with van der Waals surface area (Å²) >= 11 is 0. The molecule has 0 spiro atoms. The van der Waals surface area contributed by atoms with E-state index in [9.17, 15) is 0 Å². The average Bonchev–Trinajstić information content (AvgIpc) is 3.14. The molecule has 2 nitrogen and oxygen atoms in total. The van der Waals surface area contributed by atoms with E-state index in [4.69, 9.17) is 0 Å². The number of benzene rings is 8. The Morgan fingerprint density at radius 2 is 0.673 bits per heavy atom. The first-order valence-corrected chi connectivity index (χ1v) is 16.9. The summed E-state index contributed by atoms with van der Waals surface area (Å²) in [6.07, 6.45) is 1.89. The molecule has 0 heterocycles. The lowest BCUT2D eigenvalue weighted by molar-refractivity contribution is 1.28. The fourth-order valence-corrected chi connectivity index (χ4v) is 6.98. The van der Waals surface area contributed by atoms with Crippen molar-refractivity contribution >= 4 is 72.5 Å². The molecule has 0 aliphatic rings. The molecule has 8 aromatic carbocycles. The first kappa shape index (κ1) is 30.2. The topological polar surface area (TPSA) is 6.48 Å². The molecule has 0 unspecified atom stereocenters. The zero-order valence-corrected chi connectivity index (χ0v) is 28.2. The van der Waals surface area contributed by atoms with E-state index in [2.05, 4.69) is 195 Å². The van der Waals surface area contributed by atoms with Crippen molar-refractivity contribution in [2.75, 3.05) is 9.80 Å². The maximum Gasteiger partial charge on any atom is 0.0546 e. The summed E-state index contributed by atoms with van der Waals surface area (Å²) in [5.41, 5.74) is 11.6. The summed E-state index contributed by atoms with van der Waals surface area (Å²) in [4.78, 5) is 4.80. The lowest BCUT2D eigenvalue weighted by Crippen LogP contribution is -2.12. The molecule has 0 saturated heterocycles. The van der Waals surface area contributed by atoms with Crippen molar-refractivity contribution in [2.24, 2.45) is 0 Å². The summed E-state index contributed by atoms with van der Waals surface area (Å²) in [6.45, 7) is 10.4. The van der Waals surface area contributed by atoms with Crippen LogP contribution in [0.3, 0.4) is 0 Å². The molecule has 0 bridgehead atoms. The molecule has 8 aromatic rings. The second-order valence-electron chi connectivity index (χ2n) is 13.0. The van der Waals surface area contributed by atoms with E-state index >= 15 is 0 Å². The maximum atomic E-state index is 3.98. The largest absolute Gasteiger partial charge is 0.310 e. The molecule has 0 aliphatic heterocycles. The molecular formula is C47H38N2. The second-order valence-corrected chi connectivity index (χ2v) is 13.0. The van der Waals surface area contributed by atoms with E-state index in [1.807, 2.05) is 6.08 Å². The third kappa shape index (κ3) is 5.52. The summed E-state index contributed by atoms with van der Waals surface area (Å²) < 4.78 is 0. The van der Waals surface area contributed by atoms with Crippen LogP contribution in [0.4, 0.5) is 34.1 Å². The van der Waals surface area contributed by atoms with Gasteiger partial charge in [0.05, 0.1) is 11.4 Å². The van der Waals surface area contributed by atoms with Gasteiger partial charge < -0.3 is 9.80 Å². The van der Waals surface area contributed by atoms with Gasteiger partial charge in [-0.05, 0) is 109 Å². The zero-order chi connectivity index (χ0) is 33.5. The Kier molecular flexibility index (Phi) is 7.70. The Morgan fingerprint density at radius 1 is 0.367 bits per heavy atom. The molecule has 0 fully saturated rings. The van der Waals surface area contributed by atoms with E-state index in [0.717, 1.165) is 39.7 Å². The number of hydrogen-bond acceptors (Lipinski definition) is 2. The van der Waals surface area contributed by atoms with Gasteiger partial charge in [0.25, 0.3) is 0 Å². The number of hydrogen-bond donors (Lipinski definition) is 0. The molecule has 0 aromatic heterocycles. The van der Waals surface area contributed by atoms with Crippen LogP contribution in [0.2, 0.25) is 0 Å².